The minimum atomic E-state index is -0.181. The molecule has 7 heteroatoms. The van der Waals surface area contributed by atoms with Gasteiger partial charge < -0.3 is 25.0 Å². The van der Waals surface area contributed by atoms with Crippen LogP contribution in [0.15, 0.2) is 36.5 Å². The number of nitrogens with one attached hydrogen (secondary N) is 2. The van der Waals surface area contributed by atoms with Gasteiger partial charge in [-0.2, -0.15) is 0 Å². The van der Waals surface area contributed by atoms with E-state index in [2.05, 4.69) is 26.6 Å². The van der Waals surface area contributed by atoms with E-state index in [0.717, 1.165) is 30.0 Å². The fourth-order valence-electron chi connectivity index (χ4n) is 3.29. The molecule has 0 unspecified atom stereocenters. The molecule has 0 spiro atoms. The fraction of sp³-hybridized carbons (Fsp3) is 0.429. The van der Waals surface area contributed by atoms with Crippen molar-refractivity contribution in [2.45, 2.75) is 25.8 Å². The lowest BCUT2D eigenvalue weighted by Crippen LogP contribution is -2.36. The van der Waals surface area contributed by atoms with Gasteiger partial charge in [-0.05, 0) is 54.7 Å². The molecule has 3 rings (SSSR count). The van der Waals surface area contributed by atoms with Crippen LogP contribution in [0.25, 0.3) is 0 Å². The Labute approximate surface area is 166 Å². The second-order valence-corrected chi connectivity index (χ2v) is 6.77. The molecular formula is C21H28N4O3. The van der Waals surface area contributed by atoms with E-state index < -0.39 is 0 Å². The fourth-order valence-corrected chi connectivity index (χ4v) is 3.29. The first-order chi connectivity index (χ1) is 13.7. The van der Waals surface area contributed by atoms with Crippen molar-refractivity contribution in [1.82, 2.24) is 15.6 Å². The van der Waals surface area contributed by atoms with Crippen LogP contribution in [0.4, 0.5) is 10.6 Å². The maximum atomic E-state index is 12.1. The van der Waals surface area contributed by atoms with Crippen molar-refractivity contribution in [3.8, 4) is 11.5 Å². The van der Waals surface area contributed by atoms with Crippen LogP contribution in [-0.4, -0.2) is 44.9 Å². The van der Waals surface area contributed by atoms with Crippen molar-refractivity contribution in [1.29, 1.82) is 0 Å². The molecule has 1 fully saturated rings. The quantitative estimate of drug-likeness (QED) is 0.732. The van der Waals surface area contributed by atoms with E-state index in [9.17, 15) is 4.79 Å². The van der Waals surface area contributed by atoms with Crippen molar-refractivity contribution >= 4 is 11.8 Å². The molecule has 0 aliphatic carbocycles. The first kappa shape index (κ1) is 19.8. The number of nitrogens with zero attached hydrogens (tertiary/aromatic N) is 2. The summed E-state index contributed by atoms with van der Waals surface area (Å²) < 4.78 is 10.5. The molecule has 0 radical (unpaired) electrons. The van der Waals surface area contributed by atoms with Crippen LogP contribution in [0.1, 0.15) is 24.0 Å². The molecule has 0 bridgehead atoms. The summed E-state index contributed by atoms with van der Waals surface area (Å²) in [5, 5.41) is 5.79. The normalized spacial score (nSPS) is 13.3. The van der Waals surface area contributed by atoms with Gasteiger partial charge in [0.15, 0.2) is 11.5 Å². The predicted molar refractivity (Wildman–Crippen MR) is 109 cm³/mol. The van der Waals surface area contributed by atoms with E-state index in [1.807, 2.05) is 24.3 Å². The van der Waals surface area contributed by atoms with Gasteiger partial charge in [-0.25, -0.2) is 9.78 Å². The van der Waals surface area contributed by atoms with Crippen molar-refractivity contribution in [3.63, 3.8) is 0 Å². The zero-order valence-corrected chi connectivity index (χ0v) is 16.5. The Balaban J connectivity index is 1.43. The number of pyridine rings is 1. The number of carbonyl (C=O) groups excluding carboxylic acids is 1. The Morgan fingerprint density at radius 2 is 1.82 bits per heavy atom. The minimum Gasteiger partial charge on any atom is -0.493 e. The van der Waals surface area contributed by atoms with Gasteiger partial charge in [0, 0.05) is 32.4 Å². The molecular weight excluding hydrogens is 356 g/mol. The maximum absolute atomic E-state index is 12.1. The van der Waals surface area contributed by atoms with Gasteiger partial charge in [-0.3, -0.25) is 0 Å². The van der Waals surface area contributed by atoms with Gasteiger partial charge in [-0.15, -0.1) is 0 Å². The van der Waals surface area contributed by atoms with E-state index in [0.29, 0.717) is 31.0 Å². The Bertz CT molecular complexity index is 791. The van der Waals surface area contributed by atoms with E-state index >= 15 is 0 Å². The number of ether oxygens (including phenoxy) is 2. The zero-order chi connectivity index (χ0) is 19.8. The third-order valence-corrected chi connectivity index (χ3v) is 4.84. The number of rotatable bonds is 8. The molecule has 28 heavy (non-hydrogen) atoms. The third-order valence-electron chi connectivity index (χ3n) is 4.84. The van der Waals surface area contributed by atoms with Gasteiger partial charge >= 0.3 is 6.03 Å². The molecule has 1 aromatic carbocycles. The average Bonchev–Trinajstić information content (AvgIpc) is 3.27. The molecule has 2 amide bonds. The first-order valence-electron chi connectivity index (χ1n) is 9.62. The molecule has 7 nitrogen and oxygen atoms in total. The van der Waals surface area contributed by atoms with Gasteiger partial charge in [-0.1, -0.05) is 6.07 Å². The molecule has 1 aromatic heterocycles. The van der Waals surface area contributed by atoms with E-state index in [1.54, 1.807) is 20.4 Å². The standard InChI is InChI=1S/C21H28N4O3/c1-27-18-6-5-16(13-19(18)28-2)7-10-23-21(26)24-15-17-8-9-22-20(14-17)25-11-3-4-12-25/h5-6,8-9,13-14H,3-4,7,10-12,15H2,1-2H3,(H2,23,24,26). The molecule has 2 aromatic rings. The van der Waals surface area contributed by atoms with Gasteiger partial charge in [0.25, 0.3) is 0 Å². The maximum Gasteiger partial charge on any atom is 0.315 e. The number of hydrogen-bond acceptors (Lipinski definition) is 5. The van der Waals surface area contributed by atoms with Gasteiger partial charge in [0.2, 0.25) is 0 Å². The lowest BCUT2D eigenvalue weighted by atomic mass is 10.1. The van der Waals surface area contributed by atoms with Crippen LogP contribution in [0.2, 0.25) is 0 Å². The monoisotopic (exact) mass is 384 g/mol. The average molecular weight is 384 g/mol. The summed E-state index contributed by atoms with van der Waals surface area (Å²) in [5.74, 6) is 2.38. The van der Waals surface area contributed by atoms with Crippen LogP contribution in [0.5, 0.6) is 11.5 Å². The Hall–Kier alpha value is -2.96. The topological polar surface area (TPSA) is 75.7 Å². The number of benzene rings is 1. The number of carbonyl (C=O) groups is 1. The Morgan fingerprint density at radius 3 is 2.57 bits per heavy atom. The Morgan fingerprint density at radius 1 is 1.04 bits per heavy atom. The number of urea groups is 1. The van der Waals surface area contributed by atoms with Crippen LogP contribution in [0.3, 0.4) is 0 Å². The van der Waals surface area contributed by atoms with Crippen molar-refractivity contribution in [3.05, 3.63) is 47.7 Å². The van der Waals surface area contributed by atoms with E-state index in [1.165, 1.54) is 12.8 Å². The van der Waals surface area contributed by atoms with Crippen molar-refractivity contribution < 1.29 is 14.3 Å². The highest BCUT2D eigenvalue weighted by molar-refractivity contribution is 5.73. The number of anilines is 1. The highest BCUT2D eigenvalue weighted by Gasteiger charge is 2.13. The largest absolute Gasteiger partial charge is 0.493 e. The molecule has 150 valence electrons. The second-order valence-electron chi connectivity index (χ2n) is 6.77. The summed E-state index contributed by atoms with van der Waals surface area (Å²) in [6, 6.07) is 9.57. The molecule has 1 aliphatic heterocycles. The summed E-state index contributed by atoms with van der Waals surface area (Å²) in [5.41, 5.74) is 2.12. The highest BCUT2D eigenvalue weighted by atomic mass is 16.5. The van der Waals surface area contributed by atoms with Crippen LogP contribution < -0.4 is 25.0 Å². The molecule has 1 saturated heterocycles. The van der Waals surface area contributed by atoms with Crippen molar-refractivity contribution in [2.24, 2.45) is 0 Å². The summed E-state index contributed by atoms with van der Waals surface area (Å²) in [6.45, 7) is 3.13. The minimum absolute atomic E-state index is 0.181. The van der Waals surface area contributed by atoms with Gasteiger partial charge in [0.05, 0.1) is 14.2 Å². The van der Waals surface area contributed by atoms with Crippen LogP contribution in [0, 0.1) is 0 Å². The van der Waals surface area contributed by atoms with Gasteiger partial charge in [0.1, 0.15) is 5.82 Å². The van der Waals surface area contributed by atoms with Crippen molar-refractivity contribution in [2.75, 3.05) is 38.8 Å². The third kappa shape index (κ3) is 5.28. The summed E-state index contributed by atoms with van der Waals surface area (Å²) in [4.78, 5) is 18.8. The predicted octanol–water partition coefficient (Wildman–Crippen LogP) is 2.74. The number of aromatic nitrogens is 1. The second kappa shape index (κ2) is 9.82. The lowest BCUT2D eigenvalue weighted by Gasteiger charge is -2.17. The molecule has 1 aliphatic rings. The number of amides is 2. The lowest BCUT2D eigenvalue weighted by molar-refractivity contribution is 0.240. The number of hydrogen-bond donors (Lipinski definition) is 2. The highest BCUT2D eigenvalue weighted by Crippen LogP contribution is 2.27. The first-order valence-corrected chi connectivity index (χ1v) is 9.62. The number of methoxy groups -OCH3 is 2. The molecule has 0 saturated carbocycles. The zero-order valence-electron chi connectivity index (χ0n) is 16.5. The molecule has 2 N–H and O–H groups in total. The van der Waals surface area contributed by atoms with Crippen LogP contribution >= 0.6 is 0 Å². The Kier molecular flexibility index (Phi) is 6.94. The van der Waals surface area contributed by atoms with Crippen LogP contribution in [-0.2, 0) is 13.0 Å². The summed E-state index contributed by atoms with van der Waals surface area (Å²) in [6.07, 6.45) is 4.95. The molecule has 0 atom stereocenters. The van der Waals surface area contributed by atoms with E-state index in [4.69, 9.17) is 9.47 Å². The molecule has 2 heterocycles. The summed E-state index contributed by atoms with van der Waals surface area (Å²) in [7, 11) is 3.22. The smallest absolute Gasteiger partial charge is 0.315 e. The SMILES string of the molecule is COc1ccc(CCNC(=O)NCc2ccnc(N3CCCC3)c2)cc1OC. The van der Waals surface area contributed by atoms with E-state index in [-0.39, 0.29) is 6.03 Å². The summed E-state index contributed by atoms with van der Waals surface area (Å²) >= 11 is 0.